The lowest BCUT2D eigenvalue weighted by Crippen LogP contribution is -2.12. The molecule has 1 aromatic rings. The van der Waals surface area contributed by atoms with Crippen molar-refractivity contribution in [3.63, 3.8) is 0 Å². The summed E-state index contributed by atoms with van der Waals surface area (Å²) in [7, 11) is 0. The van der Waals surface area contributed by atoms with Gasteiger partial charge in [-0.05, 0) is 40.9 Å². The molecule has 0 fully saturated rings. The van der Waals surface area contributed by atoms with Gasteiger partial charge in [0.2, 0.25) is 0 Å². The van der Waals surface area contributed by atoms with Crippen LogP contribution in [0.4, 0.5) is 0 Å². The zero-order valence-corrected chi connectivity index (χ0v) is 10.4. The van der Waals surface area contributed by atoms with Crippen LogP contribution in [0.5, 0.6) is 0 Å². The second kappa shape index (κ2) is 6.62. The molecule has 15 heavy (non-hydrogen) atoms. The number of hydrogen-bond donors (Lipinski definition) is 0. The van der Waals surface area contributed by atoms with Crippen molar-refractivity contribution in [1.82, 2.24) is 0 Å². The van der Waals surface area contributed by atoms with Crippen LogP contribution in [-0.2, 0) is 4.74 Å². The highest BCUT2D eigenvalue weighted by atomic mass is 79.9. The number of carbonyl (C=O) groups is 1. The first-order valence-corrected chi connectivity index (χ1v) is 6.05. The molecule has 1 atom stereocenters. The molecule has 0 N–H and O–H groups in total. The van der Waals surface area contributed by atoms with Crippen molar-refractivity contribution >= 4 is 21.9 Å². The Morgan fingerprint density at radius 1 is 1.40 bits per heavy atom. The number of benzene rings is 1. The highest BCUT2D eigenvalue weighted by Gasteiger charge is 2.11. The molecule has 0 saturated heterocycles. The minimum atomic E-state index is -0.270. The summed E-state index contributed by atoms with van der Waals surface area (Å²) in [6, 6.07) is 9.03. The SMILES string of the molecule is CCCCC(Br)OC(=O)c1ccccc1. The molecular formula is C12H15BrO2. The fourth-order valence-electron chi connectivity index (χ4n) is 1.18. The minimum absolute atomic E-state index is 0.176. The molecule has 0 aromatic heterocycles. The lowest BCUT2D eigenvalue weighted by atomic mass is 10.2. The Labute approximate surface area is 98.8 Å². The monoisotopic (exact) mass is 270 g/mol. The predicted molar refractivity (Wildman–Crippen MR) is 64.1 cm³/mol. The largest absolute Gasteiger partial charge is 0.447 e. The Kier molecular flexibility index (Phi) is 5.40. The quantitative estimate of drug-likeness (QED) is 0.602. The van der Waals surface area contributed by atoms with Gasteiger partial charge in [-0.3, -0.25) is 0 Å². The van der Waals surface area contributed by atoms with Crippen molar-refractivity contribution in [3.05, 3.63) is 35.9 Å². The third-order valence-electron chi connectivity index (χ3n) is 2.03. The van der Waals surface area contributed by atoms with Gasteiger partial charge in [-0.1, -0.05) is 31.5 Å². The van der Waals surface area contributed by atoms with Crippen LogP contribution in [0, 0.1) is 0 Å². The van der Waals surface area contributed by atoms with Gasteiger partial charge in [0, 0.05) is 0 Å². The van der Waals surface area contributed by atoms with E-state index in [-0.39, 0.29) is 11.0 Å². The molecule has 0 radical (unpaired) electrons. The summed E-state index contributed by atoms with van der Waals surface area (Å²) in [5, 5.41) is -0.176. The Hall–Kier alpha value is -0.830. The van der Waals surface area contributed by atoms with E-state index < -0.39 is 0 Å². The second-order valence-electron chi connectivity index (χ2n) is 3.32. The van der Waals surface area contributed by atoms with Crippen LogP contribution in [0.2, 0.25) is 0 Å². The first-order chi connectivity index (χ1) is 7.24. The lowest BCUT2D eigenvalue weighted by Gasteiger charge is -2.10. The topological polar surface area (TPSA) is 26.3 Å². The maximum atomic E-state index is 11.6. The van der Waals surface area contributed by atoms with Crippen LogP contribution in [-0.4, -0.2) is 11.0 Å². The molecule has 0 aliphatic heterocycles. The average Bonchev–Trinajstić information content (AvgIpc) is 2.27. The maximum absolute atomic E-state index is 11.6. The Morgan fingerprint density at radius 2 is 2.07 bits per heavy atom. The third-order valence-corrected chi connectivity index (χ3v) is 2.67. The number of rotatable bonds is 5. The van der Waals surface area contributed by atoms with Gasteiger partial charge in [0.15, 0.2) is 5.01 Å². The average molecular weight is 271 g/mol. The molecule has 0 spiro atoms. The molecule has 82 valence electrons. The van der Waals surface area contributed by atoms with Crippen LogP contribution in [0.1, 0.15) is 36.5 Å². The van der Waals surface area contributed by atoms with Crippen molar-refractivity contribution in [1.29, 1.82) is 0 Å². The molecule has 0 heterocycles. The summed E-state index contributed by atoms with van der Waals surface area (Å²) < 4.78 is 5.22. The fraction of sp³-hybridized carbons (Fsp3) is 0.417. The van der Waals surface area contributed by atoms with E-state index in [0.29, 0.717) is 5.56 Å². The summed E-state index contributed by atoms with van der Waals surface area (Å²) in [6.45, 7) is 2.11. The molecule has 1 unspecified atom stereocenters. The molecule has 3 heteroatoms. The van der Waals surface area contributed by atoms with E-state index >= 15 is 0 Å². The van der Waals surface area contributed by atoms with Gasteiger partial charge in [-0.25, -0.2) is 4.79 Å². The van der Waals surface area contributed by atoms with Crippen LogP contribution in [0.15, 0.2) is 30.3 Å². The van der Waals surface area contributed by atoms with Crippen LogP contribution < -0.4 is 0 Å². The summed E-state index contributed by atoms with van der Waals surface area (Å²) >= 11 is 3.33. The van der Waals surface area contributed by atoms with Gasteiger partial charge >= 0.3 is 5.97 Å². The summed E-state index contributed by atoms with van der Waals surface area (Å²) in [4.78, 5) is 11.6. The Morgan fingerprint density at radius 3 is 2.67 bits per heavy atom. The van der Waals surface area contributed by atoms with E-state index in [1.165, 1.54) is 0 Å². The molecule has 2 nitrogen and oxygen atoms in total. The van der Waals surface area contributed by atoms with Gasteiger partial charge in [-0.15, -0.1) is 0 Å². The van der Waals surface area contributed by atoms with Gasteiger partial charge in [0.05, 0.1) is 5.56 Å². The minimum Gasteiger partial charge on any atom is -0.447 e. The normalized spacial score (nSPS) is 12.1. The fourth-order valence-corrected chi connectivity index (χ4v) is 1.68. The molecule has 0 bridgehead atoms. The van der Waals surface area contributed by atoms with Crippen LogP contribution in [0.3, 0.4) is 0 Å². The zero-order valence-electron chi connectivity index (χ0n) is 8.78. The maximum Gasteiger partial charge on any atom is 0.339 e. The van der Waals surface area contributed by atoms with Gasteiger partial charge in [-0.2, -0.15) is 0 Å². The van der Waals surface area contributed by atoms with E-state index in [4.69, 9.17) is 4.74 Å². The molecule has 0 saturated carbocycles. The highest BCUT2D eigenvalue weighted by molar-refractivity contribution is 9.09. The van der Waals surface area contributed by atoms with Crippen LogP contribution >= 0.6 is 15.9 Å². The number of esters is 1. The predicted octanol–water partition coefficient (Wildman–Crippen LogP) is 3.75. The van der Waals surface area contributed by atoms with Gasteiger partial charge < -0.3 is 4.74 Å². The van der Waals surface area contributed by atoms with E-state index in [9.17, 15) is 4.79 Å². The van der Waals surface area contributed by atoms with E-state index in [1.807, 2.05) is 18.2 Å². The molecular weight excluding hydrogens is 256 g/mol. The van der Waals surface area contributed by atoms with Crippen molar-refractivity contribution in [2.45, 2.75) is 31.2 Å². The number of alkyl halides is 1. The van der Waals surface area contributed by atoms with E-state index in [1.54, 1.807) is 12.1 Å². The number of hydrogen-bond acceptors (Lipinski definition) is 2. The second-order valence-corrected chi connectivity index (χ2v) is 4.34. The van der Waals surface area contributed by atoms with Crippen LogP contribution in [0.25, 0.3) is 0 Å². The number of halogens is 1. The van der Waals surface area contributed by atoms with Crippen molar-refractivity contribution in [2.75, 3.05) is 0 Å². The highest BCUT2D eigenvalue weighted by Crippen LogP contribution is 2.13. The Balaban J connectivity index is 2.42. The van der Waals surface area contributed by atoms with Crippen molar-refractivity contribution in [2.24, 2.45) is 0 Å². The molecule has 0 amide bonds. The van der Waals surface area contributed by atoms with Gasteiger partial charge in [0.1, 0.15) is 0 Å². The summed E-state index contributed by atoms with van der Waals surface area (Å²) in [6.07, 6.45) is 3.01. The Bertz CT molecular complexity index is 298. The summed E-state index contributed by atoms with van der Waals surface area (Å²) in [5.74, 6) is -0.270. The lowest BCUT2D eigenvalue weighted by molar-refractivity contribution is 0.0456. The molecule has 0 aliphatic rings. The molecule has 1 rings (SSSR count). The smallest absolute Gasteiger partial charge is 0.339 e. The van der Waals surface area contributed by atoms with Crippen molar-refractivity contribution < 1.29 is 9.53 Å². The first kappa shape index (κ1) is 12.2. The van der Waals surface area contributed by atoms with E-state index in [0.717, 1.165) is 19.3 Å². The number of carbonyl (C=O) groups excluding carboxylic acids is 1. The number of ether oxygens (including phenoxy) is 1. The standard InChI is InChI=1S/C12H15BrO2/c1-2-3-9-11(13)15-12(14)10-7-5-4-6-8-10/h4-8,11H,2-3,9H2,1H3. The third kappa shape index (κ3) is 4.47. The van der Waals surface area contributed by atoms with Crippen molar-refractivity contribution in [3.8, 4) is 0 Å². The van der Waals surface area contributed by atoms with E-state index in [2.05, 4.69) is 22.9 Å². The molecule has 1 aromatic carbocycles. The first-order valence-electron chi connectivity index (χ1n) is 5.14. The zero-order chi connectivity index (χ0) is 11.1. The summed E-state index contributed by atoms with van der Waals surface area (Å²) in [5.41, 5.74) is 0.596. The number of unbranched alkanes of at least 4 members (excludes halogenated alkanes) is 1. The molecule has 0 aliphatic carbocycles. The van der Waals surface area contributed by atoms with Gasteiger partial charge in [0.25, 0.3) is 0 Å².